The highest BCUT2D eigenvalue weighted by molar-refractivity contribution is 5.72. The minimum absolute atomic E-state index is 0.0193. The number of benzene rings is 1. The van der Waals surface area contributed by atoms with Crippen molar-refractivity contribution in [1.82, 2.24) is 4.98 Å². The van der Waals surface area contributed by atoms with E-state index in [2.05, 4.69) is 4.98 Å². The van der Waals surface area contributed by atoms with Crippen molar-refractivity contribution in [3.8, 4) is 17.2 Å². The number of alkyl halides is 3. The summed E-state index contributed by atoms with van der Waals surface area (Å²) in [6.07, 6.45) is -3.09. The van der Waals surface area contributed by atoms with Gasteiger partial charge in [0, 0.05) is 11.8 Å². The standard InChI is InChI=1S/C13H7F3N2/c14-13(15,16)11-6-2-1-4-9(11)10-5-3-7-18-12(10)8-17/h1-7H. The van der Waals surface area contributed by atoms with Crippen LogP contribution in [0.2, 0.25) is 0 Å². The number of pyridine rings is 1. The third kappa shape index (κ3) is 2.18. The molecule has 0 fully saturated rings. The lowest BCUT2D eigenvalue weighted by molar-refractivity contribution is -0.137. The van der Waals surface area contributed by atoms with Gasteiger partial charge in [-0.1, -0.05) is 18.2 Å². The fraction of sp³-hybridized carbons (Fsp3) is 0.0769. The van der Waals surface area contributed by atoms with Crippen LogP contribution in [0.3, 0.4) is 0 Å². The van der Waals surface area contributed by atoms with Crippen LogP contribution in [0.15, 0.2) is 42.6 Å². The summed E-state index contributed by atoms with van der Waals surface area (Å²) in [6.45, 7) is 0. The summed E-state index contributed by atoms with van der Waals surface area (Å²) in [7, 11) is 0. The molecule has 1 heterocycles. The summed E-state index contributed by atoms with van der Waals surface area (Å²) in [4.78, 5) is 3.77. The second-order valence-electron chi connectivity index (χ2n) is 3.55. The highest BCUT2D eigenvalue weighted by Crippen LogP contribution is 2.37. The zero-order valence-corrected chi connectivity index (χ0v) is 9.07. The first kappa shape index (κ1) is 12.1. The number of nitriles is 1. The Kier molecular flexibility index (Phi) is 3.02. The van der Waals surface area contributed by atoms with Gasteiger partial charge in [0.05, 0.1) is 5.56 Å². The van der Waals surface area contributed by atoms with Gasteiger partial charge in [0.2, 0.25) is 0 Å². The van der Waals surface area contributed by atoms with Crippen LogP contribution in [-0.4, -0.2) is 4.98 Å². The van der Waals surface area contributed by atoms with Crippen molar-refractivity contribution in [2.45, 2.75) is 6.18 Å². The van der Waals surface area contributed by atoms with Crippen LogP contribution in [0.1, 0.15) is 11.3 Å². The van der Waals surface area contributed by atoms with E-state index >= 15 is 0 Å². The van der Waals surface area contributed by atoms with Crippen molar-refractivity contribution in [3.63, 3.8) is 0 Å². The minimum Gasteiger partial charge on any atom is -0.245 e. The third-order valence-electron chi connectivity index (χ3n) is 2.44. The smallest absolute Gasteiger partial charge is 0.245 e. The number of aromatic nitrogens is 1. The molecular weight excluding hydrogens is 241 g/mol. The lowest BCUT2D eigenvalue weighted by Crippen LogP contribution is -2.07. The van der Waals surface area contributed by atoms with E-state index in [1.165, 1.54) is 36.5 Å². The maximum Gasteiger partial charge on any atom is 0.417 e. The van der Waals surface area contributed by atoms with Gasteiger partial charge in [0.1, 0.15) is 11.8 Å². The maximum atomic E-state index is 12.9. The number of rotatable bonds is 1. The maximum absolute atomic E-state index is 12.9. The second kappa shape index (κ2) is 4.49. The Bertz CT molecular complexity index is 612. The predicted molar refractivity (Wildman–Crippen MR) is 59.4 cm³/mol. The summed E-state index contributed by atoms with van der Waals surface area (Å²) >= 11 is 0. The molecule has 0 spiro atoms. The number of hydrogen-bond donors (Lipinski definition) is 0. The van der Waals surface area contributed by atoms with Gasteiger partial charge in [0.25, 0.3) is 0 Å². The predicted octanol–water partition coefficient (Wildman–Crippen LogP) is 3.64. The lowest BCUT2D eigenvalue weighted by atomic mass is 9.98. The Labute approximate surface area is 101 Å². The van der Waals surface area contributed by atoms with E-state index < -0.39 is 11.7 Å². The van der Waals surface area contributed by atoms with Crippen molar-refractivity contribution in [3.05, 3.63) is 53.9 Å². The average molecular weight is 248 g/mol. The van der Waals surface area contributed by atoms with Crippen LogP contribution < -0.4 is 0 Å². The molecule has 0 radical (unpaired) electrons. The highest BCUT2D eigenvalue weighted by atomic mass is 19.4. The molecule has 0 saturated heterocycles. The molecule has 0 aliphatic rings. The minimum atomic E-state index is -4.46. The van der Waals surface area contributed by atoms with Gasteiger partial charge in [0.15, 0.2) is 0 Å². The molecule has 2 rings (SSSR count). The van der Waals surface area contributed by atoms with Crippen molar-refractivity contribution in [2.75, 3.05) is 0 Å². The fourth-order valence-corrected chi connectivity index (χ4v) is 1.68. The molecule has 0 saturated carbocycles. The molecule has 0 aliphatic carbocycles. The second-order valence-corrected chi connectivity index (χ2v) is 3.55. The van der Waals surface area contributed by atoms with Gasteiger partial charge in [-0.3, -0.25) is 0 Å². The van der Waals surface area contributed by atoms with Crippen LogP contribution in [0.4, 0.5) is 13.2 Å². The molecule has 2 aromatic rings. The van der Waals surface area contributed by atoms with E-state index in [1.807, 2.05) is 0 Å². The lowest BCUT2D eigenvalue weighted by Gasteiger charge is -2.13. The molecule has 0 unspecified atom stereocenters. The van der Waals surface area contributed by atoms with Gasteiger partial charge in [-0.05, 0) is 23.8 Å². The molecule has 2 nitrogen and oxygen atoms in total. The molecule has 18 heavy (non-hydrogen) atoms. The molecule has 0 aliphatic heterocycles. The van der Waals surface area contributed by atoms with Crippen molar-refractivity contribution < 1.29 is 13.2 Å². The number of halogens is 3. The Morgan fingerprint density at radius 1 is 1.00 bits per heavy atom. The third-order valence-corrected chi connectivity index (χ3v) is 2.44. The molecule has 90 valence electrons. The van der Waals surface area contributed by atoms with Crippen molar-refractivity contribution in [1.29, 1.82) is 5.26 Å². The van der Waals surface area contributed by atoms with E-state index in [9.17, 15) is 13.2 Å². The molecule has 0 N–H and O–H groups in total. The van der Waals surface area contributed by atoms with Crippen LogP contribution in [-0.2, 0) is 6.18 Å². The van der Waals surface area contributed by atoms with Crippen LogP contribution in [0, 0.1) is 11.3 Å². The van der Waals surface area contributed by atoms with Gasteiger partial charge < -0.3 is 0 Å². The van der Waals surface area contributed by atoms with Gasteiger partial charge >= 0.3 is 6.18 Å². The normalized spacial score (nSPS) is 11.0. The largest absolute Gasteiger partial charge is 0.417 e. The first-order valence-corrected chi connectivity index (χ1v) is 5.06. The van der Waals surface area contributed by atoms with Crippen LogP contribution in [0.5, 0.6) is 0 Å². The fourth-order valence-electron chi connectivity index (χ4n) is 1.68. The van der Waals surface area contributed by atoms with E-state index in [0.29, 0.717) is 0 Å². The molecule has 1 aromatic carbocycles. The van der Waals surface area contributed by atoms with Crippen molar-refractivity contribution >= 4 is 0 Å². The summed E-state index contributed by atoms with van der Waals surface area (Å²) in [5.41, 5.74) is -0.633. The first-order chi connectivity index (χ1) is 8.54. The van der Waals surface area contributed by atoms with Crippen LogP contribution >= 0.6 is 0 Å². The zero-order valence-electron chi connectivity index (χ0n) is 9.07. The summed E-state index contributed by atoms with van der Waals surface area (Å²) in [6, 6.07) is 9.89. The van der Waals surface area contributed by atoms with Crippen LogP contribution in [0.25, 0.3) is 11.1 Å². The molecule has 0 amide bonds. The first-order valence-electron chi connectivity index (χ1n) is 5.06. The molecule has 1 aromatic heterocycles. The summed E-state index contributed by atoms with van der Waals surface area (Å²) in [5.74, 6) is 0. The molecule has 5 heteroatoms. The Balaban J connectivity index is 2.69. The Hall–Kier alpha value is -2.35. The monoisotopic (exact) mass is 248 g/mol. The summed E-state index contributed by atoms with van der Waals surface area (Å²) < 4.78 is 38.6. The number of nitrogens with zero attached hydrogens (tertiary/aromatic N) is 2. The van der Waals surface area contributed by atoms with E-state index in [0.717, 1.165) is 6.07 Å². The number of hydrogen-bond acceptors (Lipinski definition) is 2. The van der Waals surface area contributed by atoms with E-state index in [1.54, 1.807) is 6.07 Å². The van der Waals surface area contributed by atoms with E-state index in [-0.39, 0.29) is 16.8 Å². The highest BCUT2D eigenvalue weighted by Gasteiger charge is 2.33. The topological polar surface area (TPSA) is 36.7 Å². The van der Waals surface area contributed by atoms with Gasteiger partial charge in [-0.25, -0.2) is 4.98 Å². The van der Waals surface area contributed by atoms with Gasteiger partial charge in [-0.2, -0.15) is 18.4 Å². The van der Waals surface area contributed by atoms with Crippen molar-refractivity contribution in [2.24, 2.45) is 0 Å². The Morgan fingerprint density at radius 3 is 2.33 bits per heavy atom. The average Bonchev–Trinajstić information content (AvgIpc) is 2.37. The molecule has 0 atom stereocenters. The molecule has 0 bridgehead atoms. The Morgan fingerprint density at radius 2 is 1.67 bits per heavy atom. The zero-order chi connectivity index (χ0) is 13.2. The van der Waals surface area contributed by atoms with Gasteiger partial charge in [-0.15, -0.1) is 0 Å². The SMILES string of the molecule is N#Cc1ncccc1-c1ccccc1C(F)(F)F. The van der Waals surface area contributed by atoms with E-state index in [4.69, 9.17) is 5.26 Å². The molecular formula is C13H7F3N2. The quantitative estimate of drug-likeness (QED) is 0.772. The summed E-state index contributed by atoms with van der Waals surface area (Å²) in [5, 5.41) is 8.88.